The van der Waals surface area contributed by atoms with Gasteiger partial charge in [0, 0.05) is 17.1 Å². The molecule has 0 atom stereocenters. The lowest BCUT2D eigenvalue weighted by molar-refractivity contribution is 1.28. The molecule has 10 aromatic rings. The Hall–Kier alpha value is -6.96. The predicted molar refractivity (Wildman–Crippen MR) is 227 cm³/mol. The van der Waals surface area contributed by atoms with E-state index in [0.717, 1.165) is 17.1 Å². The zero-order chi connectivity index (χ0) is 35.1. The Labute approximate surface area is 309 Å². The van der Waals surface area contributed by atoms with Gasteiger partial charge < -0.3 is 4.90 Å². The summed E-state index contributed by atoms with van der Waals surface area (Å²) in [6.07, 6.45) is 0. The van der Waals surface area contributed by atoms with E-state index in [9.17, 15) is 0 Å². The predicted octanol–water partition coefficient (Wildman–Crippen LogP) is 14.8. The summed E-state index contributed by atoms with van der Waals surface area (Å²) >= 11 is 0. The minimum Gasteiger partial charge on any atom is -0.311 e. The molecule has 0 bridgehead atoms. The van der Waals surface area contributed by atoms with Crippen LogP contribution in [-0.4, -0.2) is 0 Å². The molecule has 1 heteroatoms. The third kappa shape index (κ3) is 5.60. The van der Waals surface area contributed by atoms with Crippen molar-refractivity contribution in [3.63, 3.8) is 0 Å². The standard InChI is InChI=1S/C52H35N/c1-2-10-36(11-3-1)38-20-27-44(28-21-38)53(45-29-22-39(23-30-45)42-19-18-37-12-4-5-13-41(37)34-42)46-31-24-40(25-32-46)43-26-33-51-49-16-7-6-14-47(49)48-15-8-9-17-50(48)52(51)35-43/h1-35H. The van der Waals surface area contributed by atoms with Crippen LogP contribution in [0.3, 0.4) is 0 Å². The van der Waals surface area contributed by atoms with Crippen molar-refractivity contribution in [2.75, 3.05) is 4.90 Å². The first-order chi connectivity index (χ1) is 26.3. The smallest absolute Gasteiger partial charge is 0.0462 e. The lowest BCUT2D eigenvalue weighted by Gasteiger charge is -2.26. The Balaban J connectivity index is 1.04. The first-order valence-corrected chi connectivity index (χ1v) is 18.3. The van der Waals surface area contributed by atoms with Gasteiger partial charge in [0.15, 0.2) is 0 Å². The van der Waals surface area contributed by atoms with Gasteiger partial charge in [-0.15, -0.1) is 0 Å². The molecule has 0 aliphatic carbocycles. The second kappa shape index (κ2) is 13.0. The van der Waals surface area contributed by atoms with Gasteiger partial charge in [-0.05, 0) is 125 Å². The second-order valence-electron chi connectivity index (χ2n) is 13.8. The fraction of sp³-hybridized carbons (Fsp3) is 0. The normalized spacial score (nSPS) is 11.4. The van der Waals surface area contributed by atoms with Crippen LogP contribution in [0, 0.1) is 0 Å². The SMILES string of the molecule is c1ccc(-c2ccc(N(c3ccc(-c4ccc5ccccc5c4)cc3)c3ccc(-c4ccc5c6ccccc6c6ccccc6c5c4)cc3)cc2)cc1. The van der Waals surface area contributed by atoms with Crippen molar-refractivity contribution in [2.24, 2.45) is 0 Å². The monoisotopic (exact) mass is 673 g/mol. The van der Waals surface area contributed by atoms with E-state index in [1.54, 1.807) is 0 Å². The molecule has 0 spiro atoms. The minimum atomic E-state index is 1.11. The summed E-state index contributed by atoms with van der Waals surface area (Å²) < 4.78 is 0. The molecule has 10 aromatic carbocycles. The Morgan fingerprint density at radius 2 is 0.566 bits per heavy atom. The molecule has 0 unspecified atom stereocenters. The van der Waals surface area contributed by atoms with E-state index in [1.165, 1.54) is 76.5 Å². The number of fused-ring (bicyclic) bond motifs is 7. The van der Waals surface area contributed by atoms with E-state index in [1.807, 2.05) is 0 Å². The average molecular weight is 674 g/mol. The average Bonchev–Trinajstić information content (AvgIpc) is 3.24. The first kappa shape index (κ1) is 30.8. The Kier molecular flexibility index (Phi) is 7.55. The highest BCUT2D eigenvalue weighted by atomic mass is 15.1. The van der Waals surface area contributed by atoms with Gasteiger partial charge in [0.1, 0.15) is 0 Å². The molecule has 0 saturated heterocycles. The highest BCUT2D eigenvalue weighted by molar-refractivity contribution is 6.25. The molecule has 0 amide bonds. The third-order valence-electron chi connectivity index (χ3n) is 10.6. The van der Waals surface area contributed by atoms with E-state index >= 15 is 0 Å². The Morgan fingerprint density at radius 1 is 0.208 bits per heavy atom. The minimum absolute atomic E-state index is 1.11. The molecule has 1 nitrogen and oxygen atoms in total. The summed E-state index contributed by atoms with van der Waals surface area (Å²) in [7, 11) is 0. The third-order valence-corrected chi connectivity index (χ3v) is 10.6. The van der Waals surface area contributed by atoms with E-state index in [4.69, 9.17) is 0 Å². The summed E-state index contributed by atoms with van der Waals surface area (Å²) in [5.41, 5.74) is 10.6. The summed E-state index contributed by atoms with van der Waals surface area (Å²) in [6.45, 7) is 0. The number of hydrogen-bond donors (Lipinski definition) is 0. The van der Waals surface area contributed by atoms with Gasteiger partial charge in [-0.25, -0.2) is 0 Å². The highest BCUT2D eigenvalue weighted by Gasteiger charge is 2.15. The van der Waals surface area contributed by atoms with Gasteiger partial charge >= 0.3 is 0 Å². The summed E-state index contributed by atoms with van der Waals surface area (Å²) in [5, 5.41) is 10.3. The molecule has 0 aliphatic heterocycles. The second-order valence-corrected chi connectivity index (χ2v) is 13.8. The summed E-state index contributed by atoms with van der Waals surface area (Å²) in [6, 6.07) is 77.2. The van der Waals surface area contributed by atoms with E-state index in [0.29, 0.717) is 0 Å². The van der Waals surface area contributed by atoms with Crippen LogP contribution in [0.1, 0.15) is 0 Å². The zero-order valence-corrected chi connectivity index (χ0v) is 29.2. The van der Waals surface area contributed by atoms with Crippen molar-refractivity contribution in [3.05, 3.63) is 212 Å². The van der Waals surface area contributed by atoms with Gasteiger partial charge in [-0.2, -0.15) is 0 Å². The number of benzene rings is 10. The van der Waals surface area contributed by atoms with Gasteiger partial charge in [0.2, 0.25) is 0 Å². The number of nitrogens with zero attached hydrogens (tertiary/aromatic N) is 1. The summed E-state index contributed by atoms with van der Waals surface area (Å²) in [4.78, 5) is 2.35. The van der Waals surface area contributed by atoms with Gasteiger partial charge in [0.25, 0.3) is 0 Å². The van der Waals surface area contributed by atoms with E-state index < -0.39 is 0 Å². The lowest BCUT2D eigenvalue weighted by atomic mass is 9.92. The fourth-order valence-electron chi connectivity index (χ4n) is 7.94. The van der Waals surface area contributed by atoms with Crippen molar-refractivity contribution in [3.8, 4) is 33.4 Å². The topological polar surface area (TPSA) is 3.24 Å². The molecular formula is C52H35N. The molecule has 248 valence electrons. The molecule has 0 fully saturated rings. The molecule has 53 heavy (non-hydrogen) atoms. The van der Waals surface area contributed by atoms with Gasteiger partial charge in [0.05, 0.1) is 0 Å². The van der Waals surface area contributed by atoms with Crippen LogP contribution >= 0.6 is 0 Å². The number of anilines is 3. The molecule has 0 heterocycles. The van der Waals surface area contributed by atoms with Crippen molar-refractivity contribution >= 4 is 60.2 Å². The van der Waals surface area contributed by atoms with Crippen molar-refractivity contribution in [1.29, 1.82) is 0 Å². The number of hydrogen-bond acceptors (Lipinski definition) is 1. The molecular weight excluding hydrogens is 639 g/mol. The largest absolute Gasteiger partial charge is 0.311 e. The molecule has 0 aliphatic rings. The molecule has 0 aromatic heterocycles. The lowest BCUT2D eigenvalue weighted by Crippen LogP contribution is -2.09. The van der Waals surface area contributed by atoms with Crippen molar-refractivity contribution in [1.82, 2.24) is 0 Å². The maximum atomic E-state index is 2.37. The van der Waals surface area contributed by atoms with Crippen LogP contribution in [0.5, 0.6) is 0 Å². The van der Waals surface area contributed by atoms with Crippen LogP contribution < -0.4 is 4.90 Å². The van der Waals surface area contributed by atoms with Crippen LogP contribution in [0.2, 0.25) is 0 Å². The molecule has 0 N–H and O–H groups in total. The Morgan fingerprint density at radius 3 is 1.11 bits per heavy atom. The quantitative estimate of drug-likeness (QED) is 0.159. The summed E-state index contributed by atoms with van der Waals surface area (Å²) in [5.74, 6) is 0. The van der Waals surface area contributed by atoms with Crippen LogP contribution in [0.4, 0.5) is 17.1 Å². The Bertz CT molecular complexity index is 2870. The first-order valence-electron chi connectivity index (χ1n) is 18.3. The van der Waals surface area contributed by atoms with Crippen molar-refractivity contribution in [2.45, 2.75) is 0 Å². The molecule has 0 radical (unpaired) electrons. The fourth-order valence-corrected chi connectivity index (χ4v) is 7.94. The maximum Gasteiger partial charge on any atom is 0.0462 e. The van der Waals surface area contributed by atoms with Crippen LogP contribution in [0.15, 0.2) is 212 Å². The number of rotatable bonds is 6. The van der Waals surface area contributed by atoms with Crippen LogP contribution in [-0.2, 0) is 0 Å². The molecule has 0 saturated carbocycles. The van der Waals surface area contributed by atoms with Gasteiger partial charge in [-0.3, -0.25) is 0 Å². The highest BCUT2D eigenvalue weighted by Crippen LogP contribution is 2.40. The maximum absolute atomic E-state index is 2.37. The molecule has 10 rings (SSSR count). The van der Waals surface area contributed by atoms with Crippen LogP contribution in [0.25, 0.3) is 76.5 Å². The van der Waals surface area contributed by atoms with E-state index in [2.05, 4.69) is 217 Å². The zero-order valence-electron chi connectivity index (χ0n) is 29.2. The van der Waals surface area contributed by atoms with E-state index in [-0.39, 0.29) is 0 Å². The van der Waals surface area contributed by atoms with Gasteiger partial charge in [-0.1, -0.05) is 164 Å². The van der Waals surface area contributed by atoms with Crippen molar-refractivity contribution < 1.29 is 0 Å².